The number of aryl methyl sites for hydroxylation is 1. The van der Waals surface area contributed by atoms with Gasteiger partial charge < -0.3 is 10.6 Å². The minimum Gasteiger partial charge on any atom is -0.379 e. The largest absolute Gasteiger partial charge is 0.379 e. The van der Waals surface area contributed by atoms with Gasteiger partial charge in [0, 0.05) is 35.4 Å². The summed E-state index contributed by atoms with van der Waals surface area (Å²) in [5.41, 5.74) is 1.50. The number of nitro groups is 1. The molecular formula is C26H25ClN4O5. The number of allylic oxidation sites excluding steroid dienone is 2. The van der Waals surface area contributed by atoms with Gasteiger partial charge in [0.05, 0.1) is 16.8 Å². The van der Waals surface area contributed by atoms with Gasteiger partial charge in [0.1, 0.15) is 5.69 Å². The van der Waals surface area contributed by atoms with E-state index < -0.39 is 10.8 Å². The number of benzene rings is 2. The van der Waals surface area contributed by atoms with Crippen molar-refractivity contribution in [3.8, 4) is 0 Å². The first-order chi connectivity index (χ1) is 17.2. The van der Waals surface area contributed by atoms with E-state index in [9.17, 15) is 24.5 Å². The molecule has 1 saturated carbocycles. The van der Waals surface area contributed by atoms with Crippen molar-refractivity contribution in [3.63, 3.8) is 0 Å². The number of nitrogens with zero attached hydrogens (tertiary/aromatic N) is 2. The quantitative estimate of drug-likeness (QED) is 0.179. The SMILES string of the molecule is Cc1ccc(NC(=O)c2ccc(NCCCN3C(=O)[C@H]4[C@H](C3=O)[C@H]3C=C[C@H]4C3)c([N+](=O)[O-])c2)cc1Cl. The number of hydrogen-bond acceptors (Lipinski definition) is 6. The maximum absolute atomic E-state index is 12.8. The molecule has 2 aliphatic carbocycles. The van der Waals surface area contributed by atoms with E-state index in [-0.39, 0.29) is 59.0 Å². The number of nitro benzene ring substituents is 1. The molecule has 0 unspecified atom stereocenters. The average molecular weight is 509 g/mol. The highest BCUT2D eigenvalue weighted by atomic mass is 35.5. The van der Waals surface area contributed by atoms with Crippen LogP contribution in [0.3, 0.4) is 0 Å². The van der Waals surface area contributed by atoms with Crippen LogP contribution < -0.4 is 10.6 Å². The molecule has 2 aromatic carbocycles. The summed E-state index contributed by atoms with van der Waals surface area (Å²) >= 11 is 6.10. The molecule has 0 spiro atoms. The number of carbonyl (C=O) groups excluding carboxylic acids is 3. The molecule has 0 aromatic heterocycles. The van der Waals surface area contributed by atoms with Crippen LogP contribution in [-0.2, 0) is 9.59 Å². The summed E-state index contributed by atoms with van der Waals surface area (Å²) < 4.78 is 0. The van der Waals surface area contributed by atoms with Crippen LogP contribution in [0.2, 0.25) is 5.02 Å². The Morgan fingerprint density at radius 3 is 2.44 bits per heavy atom. The standard InChI is InChI=1S/C26H25ClN4O5/c1-14-3-7-18(13-19(14)27)29-24(32)17-6-8-20(21(12-17)31(35)36)28-9-2-10-30-25(33)22-15-4-5-16(11-15)23(22)26(30)34/h3-8,12-13,15-16,22-23,28H,2,9-11H2,1H3,(H,29,32)/t15-,16-,22+,23+/m0/s1. The van der Waals surface area contributed by atoms with Crippen molar-refractivity contribution >= 4 is 46.4 Å². The molecule has 5 rings (SSSR count). The molecule has 2 bridgehead atoms. The number of anilines is 2. The fourth-order valence-electron chi connectivity index (χ4n) is 5.49. The Kier molecular flexibility index (Phi) is 6.26. The van der Waals surface area contributed by atoms with Crippen molar-refractivity contribution in [1.82, 2.24) is 4.90 Å². The maximum Gasteiger partial charge on any atom is 0.293 e. The van der Waals surface area contributed by atoms with Crippen LogP contribution >= 0.6 is 11.6 Å². The highest BCUT2D eigenvalue weighted by Gasteiger charge is 2.58. The summed E-state index contributed by atoms with van der Waals surface area (Å²) in [6.07, 6.45) is 5.45. The van der Waals surface area contributed by atoms with Crippen molar-refractivity contribution in [2.75, 3.05) is 23.7 Å². The number of hydrogen-bond donors (Lipinski definition) is 2. The minimum absolute atomic E-state index is 0.0990. The van der Waals surface area contributed by atoms with Gasteiger partial charge in [-0.2, -0.15) is 0 Å². The van der Waals surface area contributed by atoms with E-state index >= 15 is 0 Å². The summed E-state index contributed by atoms with van der Waals surface area (Å²) in [6.45, 7) is 2.44. The first-order valence-electron chi connectivity index (χ1n) is 11.9. The molecule has 1 heterocycles. The lowest BCUT2D eigenvalue weighted by Crippen LogP contribution is -2.34. The molecule has 36 heavy (non-hydrogen) atoms. The first kappa shape index (κ1) is 24.0. The minimum atomic E-state index is -0.556. The van der Waals surface area contributed by atoms with E-state index in [2.05, 4.69) is 22.8 Å². The zero-order valence-corrected chi connectivity index (χ0v) is 20.3. The van der Waals surface area contributed by atoms with Crippen molar-refractivity contribution in [1.29, 1.82) is 0 Å². The predicted octanol–water partition coefficient (Wildman–Crippen LogP) is 4.42. The first-order valence-corrected chi connectivity index (χ1v) is 12.3. The Hall–Kier alpha value is -3.72. The lowest BCUT2D eigenvalue weighted by molar-refractivity contribution is -0.384. The van der Waals surface area contributed by atoms with E-state index in [1.165, 1.54) is 23.1 Å². The fourth-order valence-corrected chi connectivity index (χ4v) is 5.67. The highest BCUT2D eigenvalue weighted by molar-refractivity contribution is 6.31. The number of nitrogens with one attached hydrogen (secondary N) is 2. The third-order valence-electron chi connectivity index (χ3n) is 7.32. The van der Waals surface area contributed by atoms with E-state index in [1.807, 2.05) is 6.92 Å². The second kappa shape index (κ2) is 9.39. The predicted molar refractivity (Wildman–Crippen MR) is 135 cm³/mol. The van der Waals surface area contributed by atoms with Gasteiger partial charge >= 0.3 is 0 Å². The maximum atomic E-state index is 12.8. The summed E-state index contributed by atoms with van der Waals surface area (Å²) in [7, 11) is 0. The summed E-state index contributed by atoms with van der Waals surface area (Å²) in [5, 5.41) is 17.9. The van der Waals surface area contributed by atoms with Gasteiger partial charge in [-0.05, 0) is 61.4 Å². The van der Waals surface area contributed by atoms with E-state index in [0.717, 1.165) is 12.0 Å². The second-order valence-electron chi connectivity index (χ2n) is 9.52. The topological polar surface area (TPSA) is 122 Å². The Bertz CT molecular complexity index is 1280. The molecule has 3 amide bonds. The molecule has 2 N–H and O–H groups in total. The zero-order valence-electron chi connectivity index (χ0n) is 19.6. The Morgan fingerprint density at radius 2 is 1.81 bits per heavy atom. The second-order valence-corrected chi connectivity index (χ2v) is 9.92. The van der Waals surface area contributed by atoms with E-state index in [0.29, 0.717) is 23.7 Å². The molecule has 1 saturated heterocycles. The molecule has 10 heteroatoms. The van der Waals surface area contributed by atoms with Gasteiger partial charge in [-0.1, -0.05) is 29.8 Å². The monoisotopic (exact) mass is 508 g/mol. The van der Waals surface area contributed by atoms with Crippen LogP contribution in [0.5, 0.6) is 0 Å². The van der Waals surface area contributed by atoms with Crippen LogP contribution in [0.1, 0.15) is 28.8 Å². The fraction of sp³-hybridized carbons (Fsp3) is 0.346. The lowest BCUT2D eigenvalue weighted by atomic mass is 9.85. The number of amides is 3. The Balaban J connectivity index is 1.19. The zero-order chi connectivity index (χ0) is 25.6. The van der Waals surface area contributed by atoms with Crippen molar-refractivity contribution in [3.05, 3.63) is 74.8 Å². The van der Waals surface area contributed by atoms with Gasteiger partial charge in [0.25, 0.3) is 11.6 Å². The molecular weight excluding hydrogens is 484 g/mol. The van der Waals surface area contributed by atoms with Gasteiger partial charge in [-0.3, -0.25) is 29.4 Å². The Labute approximate surface area is 212 Å². The van der Waals surface area contributed by atoms with Crippen LogP contribution in [0.4, 0.5) is 17.1 Å². The van der Waals surface area contributed by atoms with Crippen molar-refractivity contribution in [2.24, 2.45) is 23.7 Å². The van der Waals surface area contributed by atoms with Gasteiger partial charge in [0.15, 0.2) is 0 Å². The average Bonchev–Trinajstić information content (AvgIpc) is 3.53. The number of likely N-dealkylation sites (tertiary alicyclic amines) is 1. The van der Waals surface area contributed by atoms with Gasteiger partial charge in [-0.15, -0.1) is 0 Å². The van der Waals surface area contributed by atoms with Crippen molar-refractivity contribution < 1.29 is 19.3 Å². The van der Waals surface area contributed by atoms with E-state index in [4.69, 9.17) is 11.6 Å². The molecule has 3 aliphatic rings. The third-order valence-corrected chi connectivity index (χ3v) is 7.73. The number of fused-ring (bicyclic) bond motifs is 5. The highest BCUT2D eigenvalue weighted by Crippen LogP contribution is 2.52. The number of halogens is 1. The van der Waals surface area contributed by atoms with Gasteiger partial charge in [-0.25, -0.2) is 0 Å². The summed E-state index contributed by atoms with van der Waals surface area (Å²) in [4.78, 5) is 50.6. The molecule has 186 valence electrons. The normalized spacial score (nSPS) is 23.8. The molecule has 4 atom stereocenters. The molecule has 1 aliphatic heterocycles. The number of rotatable bonds is 8. The molecule has 2 fully saturated rings. The Morgan fingerprint density at radius 1 is 1.11 bits per heavy atom. The molecule has 0 radical (unpaired) electrons. The molecule has 2 aromatic rings. The smallest absolute Gasteiger partial charge is 0.293 e. The van der Waals surface area contributed by atoms with Gasteiger partial charge in [0.2, 0.25) is 11.8 Å². The van der Waals surface area contributed by atoms with Crippen LogP contribution in [0.15, 0.2) is 48.6 Å². The van der Waals surface area contributed by atoms with E-state index in [1.54, 1.807) is 18.2 Å². The summed E-state index contributed by atoms with van der Waals surface area (Å²) in [6, 6.07) is 9.28. The summed E-state index contributed by atoms with van der Waals surface area (Å²) in [5.74, 6) is -0.810. The van der Waals surface area contributed by atoms with Crippen molar-refractivity contribution in [2.45, 2.75) is 19.8 Å². The lowest BCUT2D eigenvalue weighted by Gasteiger charge is -2.17. The number of imide groups is 1. The van der Waals surface area contributed by atoms with Crippen LogP contribution in [0.25, 0.3) is 0 Å². The van der Waals surface area contributed by atoms with Crippen LogP contribution in [0, 0.1) is 40.7 Å². The number of carbonyl (C=O) groups is 3. The van der Waals surface area contributed by atoms with Crippen LogP contribution in [-0.4, -0.2) is 40.6 Å². The molecule has 9 nitrogen and oxygen atoms in total. The third kappa shape index (κ3) is 4.24.